The Morgan fingerprint density at radius 1 is 0.667 bits per heavy atom. The Kier molecular flexibility index (Phi) is 6.80. The first-order chi connectivity index (χ1) is 14.7. The highest BCUT2D eigenvalue weighted by molar-refractivity contribution is 7.14. The van der Waals surface area contributed by atoms with Gasteiger partial charge in [0.15, 0.2) is 0 Å². The molecule has 0 amide bonds. The first-order valence-corrected chi connectivity index (χ1v) is 12.3. The van der Waals surface area contributed by atoms with Crippen LogP contribution in [-0.2, 0) is 0 Å². The lowest BCUT2D eigenvalue weighted by molar-refractivity contribution is 1.13. The van der Waals surface area contributed by atoms with Crippen molar-refractivity contribution in [3.05, 3.63) is 96.0 Å². The van der Waals surface area contributed by atoms with Crippen LogP contribution in [0.4, 0.5) is 5.69 Å². The summed E-state index contributed by atoms with van der Waals surface area (Å²) < 4.78 is 0. The van der Waals surface area contributed by atoms with Gasteiger partial charge >= 0.3 is 0 Å². The summed E-state index contributed by atoms with van der Waals surface area (Å²) >= 11 is 5.34. The summed E-state index contributed by atoms with van der Waals surface area (Å²) in [4.78, 5) is 7.20. The van der Waals surface area contributed by atoms with Crippen molar-refractivity contribution in [3.8, 4) is 0 Å². The zero-order valence-electron chi connectivity index (χ0n) is 17.0. The van der Waals surface area contributed by atoms with E-state index in [0.29, 0.717) is 0 Å². The van der Waals surface area contributed by atoms with E-state index in [1.807, 2.05) is 11.3 Å². The molecule has 0 bridgehead atoms. The Bertz CT molecular complexity index is 1140. The van der Waals surface area contributed by atoms with E-state index in [1.54, 1.807) is 22.7 Å². The van der Waals surface area contributed by atoms with Crippen molar-refractivity contribution in [2.45, 2.75) is 0 Å². The number of rotatable bonds is 7. The van der Waals surface area contributed by atoms with Gasteiger partial charge in [0.1, 0.15) is 0 Å². The quantitative estimate of drug-likeness (QED) is 0.276. The van der Waals surface area contributed by atoms with Crippen LogP contribution in [0.15, 0.2) is 65.4 Å². The summed E-state index contributed by atoms with van der Waals surface area (Å²) in [5.74, 6) is 0. The zero-order chi connectivity index (χ0) is 20.8. The Morgan fingerprint density at radius 3 is 1.90 bits per heavy atom. The maximum atomic E-state index is 2.27. The van der Waals surface area contributed by atoms with Crippen LogP contribution in [0.2, 0.25) is 0 Å². The first-order valence-electron chi connectivity index (χ1n) is 9.70. The highest BCUT2D eigenvalue weighted by Gasteiger charge is 2.04. The SMILES string of the molecule is CN(C)c1ccc(/C=C/c2cc(/C=C/c3cccs3)sc2/C=C/c2cccs2)cc1. The second-order valence-electron chi connectivity index (χ2n) is 6.99. The van der Waals surface area contributed by atoms with Crippen LogP contribution in [0, 0.1) is 0 Å². The maximum Gasteiger partial charge on any atom is 0.0361 e. The molecular formula is C26H23NS3. The average molecular weight is 446 g/mol. The van der Waals surface area contributed by atoms with Gasteiger partial charge in [-0.2, -0.15) is 0 Å². The minimum Gasteiger partial charge on any atom is -0.378 e. The minimum atomic E-state index is 1.20. The molecule has 0 saturated heterocycles. The van der Waals surface area contributed by atoms with Crippen molar-refractivity contribution >= 4 is 76.2 Å². The number of hydrogen-bond acceptors (Lipinski definition) is 4. The van der Waals surface area contributed by atoms with Gasteiger partial charge in [-0.1, -0.05) is 36.4 Å². The molecule has 1 aromatic carbocycles. The lowest BCUT2D eigenvalue weighted by atomic mass is 10.1. The van der Waals surface area contributed by atoms with Gasteiger partial charge in [-0.3, -0.25) is 0 Å². The van der Waals surface area contributed by atoms with Crippen molar-refractivity contribution in [1.29, 1.82) is 0 Å². The molecule has 0 radical (unpaired) electrons. The van der Waals surface area contributed by atoms with Gasteiger partial charge in [0.25, 0.3) is 0 Å². The van der Waals surface area contributed by atoms with Crippen molar-refractivity contribution in [1.82, 2.24) is 0 Å². The molecule has 0 aliphatic rings. The lowest BCUT2D eigenvalue weighted by Crippen LogP contribution is -2.07. The third-order valence-corrected chi connectivity index (χ3v) is 7.33. The first kappa shape index (κ1) is 20.6. The summed E-state index contributed by atoms with van der Waals surface area (Å²) in [5.41, 5.74) is 3.66. The highest BCUT2D eigenvalue weighted by Crippen LogP contribution is 2.29. The van der Waals surface area contributed by atoms with E-state index in [2.05, 4.69) is 121 Å². The Hall–Kier alpha value is -2.66. The monoisotopic (exact) mass is 445 g/mol. The van der Waals surface area contributed by atoms with Gasteiger partial charge in [0.05, 0.1) is 0 Å². The molecule has 4 heteroatoms. The molecule has 1 nitrogen and oxygen atoms in total. The molecule has 4 aromatic rings. The van der Waals surface area contributed by atoms with Crippen LogP contribution in [-0.4, -0.2) is 14.1 Å². The van der Waals surface area contributed by atoms with Crippen LogP contribution < -0.4 is 4.90 Å². The lowest BCUT2D eigenvalue weighted by Gasteiger charge is -2.11. The molecule has 150 valence electrons. The summed E-state index contributed by atoms with van der Waals surface area (Å²) in [6.07, 6.45) is 13.2. The molecule has 30 heavy (non-hydrogen) atoms. The Labute approximate surface area is 190 Å². The second kappa shape index (κ2) is 9.90. The van der Waals surface area contributed by atoms with E-state index in [-0.39, 0.29) is 0 Å². The van der Waals surface area contributed by atoms with Crippen molar-refractivity contribution in [2.24, 2.45) is 0 Å². The molecular weight excluding hydrogens is 422 g/mol. The van der Waals surface area contributed by atoms with E-state index < -0.39 is 0 Å². The highest BCUT2D eigenvalue weighted by atomic mass is 32.1. The van der Waals surface area contributed by atoms with E-state index in [0.717, 1.165) is 0 Å². The predicted molar refractivity (Wildman–Crippen MR) is 141 cm³/mol. The number of benzene rings is 1. The second-order valence-corrected chi connectivity index (χ2v) is 10.1. The number of anilines is 1. The topological polar surface area (TPSA) is 3.24 Å². The molecule has 3 heterocycles. The fourth-order valence-electron chi connectivity index (χ4n) is 2.95. The number of nitrogens with zero attached hydrogens (tertiary/aromatic N) is 1. The third kappa shape index (κ3) is 5.48. The molecule has 0 atom stereocenters. The number of thiophene rings is 3. The van der Waals surface area contributed by atoms with Crippen LogP contribution in [0.1, 0.15) is 30.6 Å². The van der Waals surface area contributed by atoms with Gasteiger partial charge in [0, 0.05) is 39.3 Å². The molecule has 0 unspecified atom stereocenters. The van der Waals surface area contributed by atoms with E-state index >= 15 is 0 Å². The summed E-state index contributed by atoms with van der Waals surface area (Å²) in [6.45, 7) is 0. The smallest absolute Gasteiger partial charge is 0.0361 e. The van der Waals surface area contributed by atoms with E-state index in [1.165, 1.54) is 36.3 Å². The third-order valence-electron chi connectivity index (χ3n) is 4.57. The molecule has 0 N–H and O–H groups in total. The van der Waals surface area contributed by atoms with Gasteiger partial charge in [-0.25, -0.2) is 0 Å². The van der Waals surface area contributed by atoms with Crippen LogP contribution in [0.5, 0.6) is 0 Å². The van der Waals surface area contributed by atoms with Gasteiger partial charge in [-0.05, 0) is 76.5 Å². The van der Waals surface area contributed by atoms with Gasteiger partial charge in [-0.15, -0.1) is 34.0 Å². The van der Waals surface area contributed by atoms with E-state index in [9.17, 15) is 0 Å². The standard InChI is InChI=1S/C26H23NS3/c1-27(2)22-11-8-20(9-12-22)7-10-21-19-25(14-13-23-5-3-17-28-23)30-26(21)16-15-24-6-4-18-29-24/h3-19H,1-2H3/b10-7+,14-13+,16-15+. The minimum absolute atomic E-state index is 1.20. The van der Waals surface area contributed by atoms with Crippen molar-refractivity contribution in [2.75, 3.05) is 19.0 Å². The largest absolute Gasteiger partial charge is 0.378 e. The van der Waals surface area contributed by atoms with Gasteiger partial charge < -0.3 is 4.90 Å². The van der Waals surface area contributed by atoms with E-state index in [4.69, 9.17) is 0 Å². The fraction of sp³-hybridized carbons (Fsp3) is 0.0769. The molecule has 0 aliphatic carbocycles. The van der Waals surface area contributed by atoms with Gasteiger partial charge in [0.2, 0.25) is 0 Å². The number of hydrogen-bond donors (Lipinski definition) is 0. The molecule has 0 spiro atoms. The molecule has 0 fully saturated rings. The summed E-state index contributed by atoms with van der Waals surface area (Å²) in [5, 5.41) is 4.22. The van der Waals surface area contributed by atoms with Crippen LogP contribution >= 0.6 is 34.0 Å². The molecule has 0 saturated carbocycles. The van der Waals surface area contributed by atoms with Crippen molar-refractivity contribution < 1.29 is 0 Å². The molecule has 3 aromatic heterocycles. The summed E-state index contributed by atoms with van der Waals surface area (Å²) in [6, 6.07) is 19.4. The Morgan fingerprint density at radius 2 is 1.30 bits per heavy atom. The summed E-state index contributed by atoms with van der Waals surface area (Å²) in [7, 11) is 4.13. The fourth-order valence-corrected chi connectivity index (χ4v) is 5.14. The zero-order valence-corrected chi connectivity index (χ0v) is 19.4. The van der Waals surface area contributed by atoms with Crippen LogP contribution in [0.25, 0.3) is 36.5 Å². The maximum absolute atomic E-state index is 2.27. The predicted octanol–water partition coefficient (Wildman–Crippen LogP) is 8.45. The molecule has 0 aliphatic heterocycles. The average Bonchev–Trinajstić information content (AvgIpc) is 3.52. The normalized spacial score (nSPS) is 11.9. The van der Waals surface area contributed by atoms with Crippen LogP contribution in [0.3, 0.4) is 0 Å². The van der Waals surface area contributed by atoms with Crippen molar-refractivity contribution in [3.63, 3.8) is 0 Å². The molecule has 4 rings (SSSR count). The Balaban J connectivity index is 1.60.